The van der Waals surface area contributed by atoms with E-state index >= 15 is 0 Å². The van der Waals surface area contributed by atoms with E-state index in [1.165, 1.54) is 11.5 Å². The van der Waals surface area contributed by atoms with Gasteiger partial charge < -0.3 is 9.64 Å². The average Bonchev–Trinajstić information content (AvgIpc) is 3.11. The SMILES string of the molecule is O=C(Nc1nc(-c2ccccc2)ns1)N(C[C@@H]1CCOC1)C1CC1. The van der Waals surface area contributed by atoms with E-state index in [2.05, 4.69) is 14.7 Å². The number of anilines is 1. The minimum atomic E-state index is -0.0693. The Balaban J connectivity index is 1.42. The van der Waals surface area contributed by atoms with E-state index in [-0.39, 0.29) is 6.03 Å². The fourth-order valence-corrected chi connectivity index (χ4v) is 3.51. The minimum absolute atomic E-state index is 0.0693. The van der Waals surface area contributed by atoms with Gasteiger partial charge in [-0.15, -0.1) is 0 Å². The predicted octanol–water partition coefficient (Wildman–Crippen LogP) is 3.24. The lowest BCUT2D eigenvalue weighted by molar-refractivity contribution is 0.167. The topological polar surface area (TPSA) is 67.4 Å². The predicted molar refractivity (Wildman–Crippen MR) is 93.0 cm³/mol. The third-order valence-corrected chi connectivity index (χ3v) is 5.03. The summed E-state index contributed by atoms with van der Waals surface area (Å²) in [5.74, 6) is 1.10. The van der Waals surface area contributed by atoms with Crippen molar-refractivity contribution in [3.8, 4) is 11.4 Å². The molecule has 1 aliphatic heterocycles. The number of nitrogens with one attached hydrogen (secondary N) is 1. The van der Waals surface area contributed by atoms with Crippen molar-refractivity contribution < 1.29 is 9.53 Å². The van der Waals surface area contributed by atoms with Crippen LogP contribution < -0.4 is 5.32 Å². The Morgan fingerprint density at radius 1 is 1.29 bits per heavy atom. The first-order valence-corrected chi connectivity index (χ1v) is 9.11. The number of urea groups is 1. The molecule has 24 heavy (non-hydrogen) atoms. The van der Waals surface area contributed by atoms with Gasteiger partial charge in [-0.3, -0.25) is 5.32 Å². The molecule has 7 heteroatoms. The van der Waals surface area contributed by atoms with Crippen LogP contribution in [0.5, 0.6) is 0 Å². The third-order valence-electron chi connectivity index (χ3n) is 4.40. The molecule has 1 aromatic heterocycles. The monoisotopic (exact) mass is 344 g/mol. The molecule has 1 saturated heterocycles. The molecule has 0 radical (unpaired) electrons. The Bertz CT molecular complexity index is 696. The maximum absolute atomic E-state index is 12.6. The Kier molecular flexibility index (Phi) is 4.44. The van der Waals surface area contributed by atoms with E-state index in [9.17, 15) is 4.79 Å². The average molecular weight is 344 g/mol. The highest BCUT2D eigenvalue weighted by molar-refractivity contribution is 7.10. The van der Waals surface area contributed by atoms with Crippen LogP contribution in [0.3, 0.4) is 0 Å². The number of hydrogen-bond acceptors (Lipinski definition) is 5. The lowest BCUT2D eigenvalue weighted by Crippen LogP contribution is -2.40. The van der Waals surface area contributed by atoms with Gasteiger partial charge in [0.25, 0.3) is 0 Å². The molecule has 1 aliphatic carbocycles. The summed E-state index contributed by atoms with van der Waals surface area (Å²) in [5.41, 5.74) is 0.955. The highest BCUT2D eigenvalue weighted by Crippen LogP contribution is 2.30. The quantitative estimate of drug-likeness (QED) is 0.904. The summed E-state index contributed by atoms with van der Waals surface area (Å²) in [7, 11) is 0. The van der Waals surface area contributed by atoms with Crippen molar-refractivity contribution in [1.82, 2.24) is 14.3 Å². The zero-order valence-electron chi connectivity index (χ0n) is 13.4. The molecule has 2 aliphatic rings. The van der Waals surface area contributed by atoms with E-state index in [1.54, 1.807) is 0 Å². The fourth-order valence-electron chi connectivity index (χ4n) is 2.93. The summed E-state index contributed by atoms with van der Waals surface area (Å²) < 4.78 is 9.77. The molecule has 0 spiro atoms. The molecule has 1 saturated carbocycles. The number of hydrogen-bond donors (Lipinski definition) is 1. The second-order valence-corrected chi connectivity index (χ2v) is 7.08. The normalized spacial score (nSPS) is 20.1. The van der Waals surface area contributed by atoms with Crippen LogP contribution >= 0.6 is 11.5 Å². The van der Waals surface area contributed by atoms with Crippen LogP contribution in [0, 0.1) is 5.92 Å². The van der Waals surface area contributed by atoms with Crippen LogP contribution in [0.1, 0.15) is 19.3 Å². The smallest absolute Gasteiger partial charge is 0.323 e. The van der Waals surface area contributed by atoms with E-state index in [1.807, 2.05) is 35.2 Å². The second kappa shape index (κ2) is 6.86. The fraction of sp³-hybridized carbons (Fsp3) is 0.471. The summed E-state index contributed by atoms with van der Waals surface area (Å²) in [5, 5.41) is 3.47. The number of nitrogens with zero attached hydrogens (tertiary/aromatic N) is 3. The first-order valence-electron chi connectivity index (χ1n) is 8.34. The number of amides is 2. The summed E-state index contributed by atoms with van der Waals surface area (Å²) in [6, 6.07) is 10.1. The van der Waals surface area contributed by atoms with Gasteiger partial charge in [-0.1, -0.05) is 30.3 Å². The van der Waals surface area contributed by atoms with Gasteiger partial charge in [-0.05, 0) is 19.3 Å². The van der Waals surface area contributed by atoms with E-state index in [0.717, 1.165) is 44.6 Å². The number of carbonyl (C=O) groups is 1. The van der Waals surface area contributed by atoms with E-state index in [0.29, 0.717) is 22.9 Å². The molecule has 2 aromatic rings. The number of carbonyl (C=O) groups excluding carboxylic acids is 1. The number of rotatable bonds is 5. The van der Waals surface area contributed by atoms with Gasteiger partial charge in [-0.2, -0.15) is 9.36 Å². The maximum Gasteiger partial charge on any atom is 0.323 e. The van der Waals surface area contributed by atoms with Crippen molar-refractivity contribution in [2.75, 3.05) is 25.1 Å². The minimum Gasteiger partial charge on any atom is -0.381 e. The number of ether oxygens (including phenoxy) is 1. The first kappa shape index (κ1) is 15.5. The van der Waals surface area contributed by atoms with Gasteiger partial charge in [0.1, 0.15) is 0 Å². The number of benzene rings is 1. The van der Waals surface area contributed by atoms with Crippen molar-refractivity contribution in [2.45, 2.75) is 25.3 Å². The van der Waals surface area contributed by atoms with Crippen molar-refractivity contribution in [3.05, 3.63) is 30.3 Å². The molecule has 126 valence electrons. The third kappa shape index (κ3) is 3.57. The van der Waals surface area contributed by atoms with Gasteiger partial charge in [0.2, 0.25) is 5.13 Å². The lowest BCUT2D eigenvalue weighted by Gasteiger charge is -2.24. The maximum atomic E-state index is 12.6. The highest BCUT2D eigenvalue weighted by atomic mass is 32.1. The Morgan fingerprint density at radius 3 is 2.83 bits per heavy atom. The van der Waals surface area contributed by atoms with Crippen LogP contribution in [-0.4, -0.2) is 46.1 Å². The van der Waals surface area contributed by atoms with Crippen LogP contribution in [0.4, 0.5) is 9.93 Å². The van der Waals surface area contributed by atoms with Gasteiger partial charge >= 0.3 is 6.03 Å². The molecule has 2 heterocycles. The Morgan fingerprint density at radius 2 is 2.12 bits per heavy atom. The standard InChI is InChI=1S/C17H20N4O2S/c22-17(21(14-6-7-14)10-12-8-9-23-11-12)19-16-18-15(20-24-16)13-4-2-1-3-5-13/h1-5,12,14H,6-11H2,(H,18,19,20,22)/t12-/m0/s1. The Labute approximate surface area is 145 Å². The second-order valence-electron chi connectivity index (χ2n) is 6.33. The molecule has 2 amide bonds. The van der Waals surface area contributed by atoms with Gasteiger partial charge in [0, 0.05) is 42.2 Å². The molecular formula is C17H20N4O2S. The largest absolute Gasteiger partial charge is 0.381 e. The van der Waals surface area contributed by atoms with Crippen LogP contribution in [0.2, 0.25) is 0 Å². The summed E-state index contributed by atoms with van der Waals surface area (Å²) >= 11 is 1.22. The zero-order valence-corrected chi connectivity index (χ0v) is 14.2. The Hall–Kier alpha value is -1.99. The molecule has 0 unspecified atom stereocenters. The van der Waals surface area contributed by atoms with Crippen LogP contribution in [-0.2, 0) is 4.74 Å². The van der Waals surface area contributed by atoms with Crippen molar-refractivity contribution in [1.29, 1.82) is 0 Å². The first-order chi connectivity index (χ1) is 11.8. The van der Waals surface area contributed by atoms with Gasteiger partial charge in [-0.25, -0.2) is 4.79 Å². The van der Waals surface area contributed by atoms with Gasteiger partial charge in [0.15, 0.2) is 5.82 Å². The molecule has 2 fully saturated rings. The molecular weight excluding hydrogens is 324 g/mol. The van der Waals surface area contributed by atoms with E-state index in [4.69, 9.17) is 4.74 Å². The van der Waals surface area contributed by atoms with E-state index < -0.39 is 0 Å². The van der Waals surface area contributed by atoms with Gasteiger partial charge in [0.05, 0.1) is 6.61 Å². The van der Waals surface area contributed by atoms with Crippen LogP contribution in [0.25, 0.3) is 11.4 Å². The highest BCUT2D eigenvalue weighted by Gasteiger charge is 2.35. The van der Waals surface area contributed by atoms with Crippen molar-refractivity contribution in [3.63, 3.8) is 0 Å². The molecule has 6 nitrogen and oxygen atoms in total. The van der Waals surface area contributed by atoms with Crippen molar-refractivity contribution >= 4 is 22.7 Å². The van der Waals surface area contributed by atoms with Crippen molar-refractivity contribution in [2.24, 2.45) is 5.92 Å². The van der Waals surface area contributed by atoms with Crippen LogP contribution in [0.15, 0.2) is 30.3 Å². The summed E-state index contributed by atoms with van der Waals surface area (Å²) in [4.78, 5) is 19.0. The molecule has 1 aromatic carbocycles. The molecule has 0 bridgehead atoms. The summed E-state index contributed by atoms with van der Waals surface area (Å²) in [6.07, 6.45) is 3.21. The molecule has 4 rings (SSSR count). The molecule has 1 N–H and O–H groups in total. The number of aromatic nitrogens is 2. The zero-order chi connectivity index (χ0) is 16.4. The summed E-state index contributed by atoms with van der Waals surface area (Å²) in [6.45, 7) is 2.33. The lowest BCUT2D eigenvalue weighted by atomic mass is 10.1. The molecule has 1 atom stereocenters.